The van der Waals surface area contributed by atoms with Crippen molar-refractivity contribution in [3.63, 3.8) is 0 Å². The molecule has 0 aliphatic carbocycles. The van der Waals surface area contributed by atoms with Crippen molar-refractivity contribution < 1.29 is 9.15 Å². The van der Waals surface area contributed by atoms with Crippen LogP contribution >= 0.6 is 35.7 Å². The number of aliphatic imine (C=N–C) groups is 1. The van der Waals surface area contributed by atoms with E-state index in [1.54, 1.807) is 6.26 Å². The smallest absolute Gasteiger partial charge is 0.191 e. The first-order valence-corrected chi connectivity index (χ1v) is 9.78. The topological polar surface area (TPSA) is 58.8 Å². The van der Waals surface area contributed by atoms with Crippen molar-refractivity contribution >= 4 is 41.7 Å². The van der Waals surface area contributed by atoms with Crippen molar-refractivity contribution in [1.82, 2.24) is 10.6 Å². The fourth-order valence-electron chi connectivity index (χ4n) is 2.91. The number of nitrogens with zero attached hydrogens (tertiary/aromatic N) is 1. The molecule has 0 amide bonds. The van der Waals surface area contributed by atoms with Crippen LogP contribution in [0.1, 0.15) is 25.0 Å². The molecule has 3 heterocycles. The van der Waals surface area contributed by atoms with Crippen molar-refractivity contribution in [3.05, 3.63) is 24.2 Å². The summed E-state index contributed by atoms with van der Waals surface area (Å²) in [6, 6.07) is 4.48. The normalized spacial score (nSPS) is 24.4. The summed E-state index contributed by atoms with van der Waals surface area (Å²) in [5.74, 6) is 4.98. The molecule has 2 aliphatic heterocycles. The van der Waals surface area contributed by atoms with Crippen LogP contribution in [-0.4, -0.2) is 49.8 Å². The van der Waals surface area contributed by atoms with Gasteiger partial charge in [0.05, 0.1) is 12.9 Å². The number of thioether (sulfide) groups is 1. The lowest BCUT2D eigenvalue weighted by molar-refractivity contribution is 0.187. The first-order chi connectivity index (χ1) is 11.4. The van der Waals surface area contributed by atoms with Gasteiger partial charge in [-0.1, -0.05) is 0 Å². The van der Waals surface area contributed by atoms with E-state index in [1.807, 2.05) is 23.9 Å². The molecule has 136 valence electrons. The molecule has 24 heavy (non-hydrogen) atoms. The van der Waals surface area contributed by atoms with Crippen LogP contribution < -0.4 is 10.6 Å². The molecule has 2 fully saturated rings. The number of hydrogen-bond acceptors (Lipinski definition) is 4. The summed E-state index contributed by atoms with van der Waals surface area (Å²) < 4.78 is 10.8. The highest BCUT2D eigenvalue weighted by Crippen LogP contribution is 2.17. The fourth-order valence-corrected chi connectivity index (χ4v) is 3.98. The van der Waals surface area contributed by atoms with E-state index in [0.717, 1.165) is 50.9 Å². The fraction of sp³-hybridized carbons (Fsp3) is 0.706. The Morgan fingerprint density at radius 3 is 3.04 bits per heavy atom. The maximum atomic E-state index is 5.44. The summed E-state index contributed by atoms with van der Waals surface area (Å²) in [5.41, 5.74) is 0. The van der Waals surface area contributed by atoms with Crippen molar-refractivity contribution in [2.45, 2.75) is 31.7 Å². The number of ether oxygens (including phenoxy) is 1. The Labute approximate surface area is 165 Å². The van der Waals surface area contributed by atoms with E-state index in [-0.39, 0.29) is 24.0 Å². The molecule has 3 rings (SSSR count). The lowest BCUT2D eigenvalue weighted by Gasteiger charge is -2.25. The average Bonchev–Trinajstić information content (AvgIpc) is 3.27. The van der Waals surface area contributed by atoms with Gasteiger partial charge >= 0.3 is 0 Å². The number of rotatable bonds is 6. The Balaban J connectivity index is 0.00000208. The van der Waals surface area contributed by atoms with Crippen LogP contribution in [-0.2, 0) is 11.2 Å². The molecule has 2 unspecified atom stereocenters. The molecule has 1 aromatic heterocycles. The number of nitrogens with one attached hydrogen (secondary N) is 2. The molecular weight excluding hydrogens is 437 g/mol. The van der Waals surface area contributed by atoms with E-state index < -0.39 is 0 Å². The van der Waals surface area contributed by atoms with Gasteiger partial charge in [0.1, 0.15) is 5.76 Å². The molecular formula is C17H28IN3O2S. The standard InChI is InChI=1S/C17H27N3O2S.HI/c1-4-16(22-8-1)5-7-18-17(19-11-14-6-9-21-12-14)20-15-3-2-10-23-13-15;/h1,4,8,14-15H,2-3,5-7,9-13H2,(H2,18,19,20);1H. The summed E-state index contributed by atoms with van der Waals surface area (Å²) in [5, 5.41) is 7.06. The summed E-state index contributed by atoms with van der Waals surface area (Å²) in [7, 11) is 0. The second-order valence-corrected chi connectivity index (χ2v) is 7.38. The number of hydrogen-bond donors (Lipinski definition) is 2. The van der Waals surface area contributed by atoms with Gasteiger partial charge in [-0.15, -0.1) is 24.0 Å². The van der Waals surface area contributed by atoms with Crippen LogP contribution in [0.2, 0.25) is 0 Å². The maximum absolute atomic E-state index is 5.44. The van der Waals surface area contributed by atoms with Crippen LogP contribution in [0.5, 0.6) is 0 Å². The quantitative estimate of drug-likeness (QED) is 0.385. The van der Waals surface area contributed by atoms with Crippen LogP contribution in [0, 0.1) is 5.92 Å². The van der Waals surface area contributed by atoms with Gasteiger partial charge in [-0.3, -0.25) is 4.99 Å². The zero-order valence-corrected chi connectivity index (χ0v) is 17.2. The predicted molar refractivity (Wildman–Crippen MR) is 111 cm³/mol. The SMILES string of the molecule is I.c1coc(CCNC(=NCC2CCOC2)NC2CCCSC2)c1. The molecule has 0 saturated carbocycles. The summed E-state index contributed by atoms with van der Waals surface area (Å²) in [6.07, 6.45) is 6.25. The molecule has 1 aromatic rings. The van der Waals surface area contributed by atoms with E-state index in [4.69, 9.17) is 14.1 Å². The summed E-state index contributed by atoms with van der Waals surface area (Å²) >= 11 is 2.03. The highest BCUT2D eigenvalue weighted by Gasteiger charge is 2.17. The van der Waals surface area contributed by atoms with Crippen LogP contribution in [0.15, 0.2) is 27.8 Å². The molecule has 0 aromatic carbocycles. The van der Waals surface area contributed by atoms with Gasteiger partial charge in [-0.25, -0.2) is 0 Å². The van der Waals surface area contributed by atoms with Crippen molar-refractivity contribution in [1.29, 1.82) is 0 Å². The minimum absolute atomic E-state index is 0. The number of halogens is 1. The first-order valence-electron chi connectivity index (χ1n) is 8.63. The second kappa shape index (κ2) is 11.3. The second-order valence-electron chi connectivity index (χ2n) is 6.23. The van der Waals surface area contributed by atoms with Crippen LogP contribution in [0.3, 0.4) is 0 Å². The lowest BCUT2D eigenvalue weighted by atomic mass is 10.1. The molecule has 7 heteroatoms. The van der Waals surface area contributed by atoms with Crippen LogP contribution in [0.25, 0.3) is 0 Å². The molecule has 0 bridgehead atoms. The van der Waals surface area contributed by atoms with Gasteiger partial charge in [0.2, 0.25) is 0 Å². The Bertz CT molecular complexity index is 472. The molecule has 0 radical (unpaired) electrons. The highest BCUT2D eigenvalue weighted by atomic mass is 127. The van der Waals surface area contributed by atoms with Gasteiger partial charge in [0, 0.05) is 43.8 Å². The van der Waals surface area contributed by atoms with E-state index >= 15 is 0 Å². The summed E-state index contributed by atoms with van der Waals surface area (Å²) in [4.78, 5) is 4.79. The van der Waals surface area contributed by atoms with Crippen molar-refractivity contribution in [2.24, 2.45) is 10.9 Å². The number of furan rings is 1. The Morgan fingerprint density at radius 1 is 1.38 bits per heavy atom. The minimum Gasteiger partial charge on any atom is -0.469 e. The lowest BCUT2D eigenvalue weighted by Crippen LogP contribution is -2.46. The third-order valence-corrected chi connectivity index (χ3v) is 5.49. The van der Waals surface area contributed by atoms with E-state index in [0.29, 0.717) is 12.0 Å². The molecule has 2 N–H and O–H groups in total. The van der Waals surface area contributed by atoms with Gasteiger partial charge < -0.3 is 19.8 Å². The van der Waals surface area contributed by atoms with E-state index in [1.165, 1.54) is 24.3 Å². The zero-order chi connectivity index (χ0) is 15.7. The van der Waals surface area contributed by atoms with Gasteiger partial charge in [0.25, 0.3) is 0 Å². The summed E-state index contributed by atoms with van der Waals surface area (Å²) in [6.45, 7) is 3.41. The van der Waals surface area contributed by atoms with E-state index in [9.17, 15) is 0 Å². The largest absolute Gasteiger partial charge is 0.469 e. The molecule has 5 nitrogen and oxygen atoms in total. The Hall–Kier alpha value is -0.410. The third-order valence-electron chi connectivity index (χ3n) is 4.28. The average molecular weight is 465 g/mol. The molecule has 0 spiro atoms. The molecule has 2 aliphatic rings. The van der Waals surface area contributed by atoms with Gasteiger partial charge in [-0.05, 0) is 37.1 Å². The molecule has 2 atom stereocenters. The first kappa shape index (κ1) is 19.9. The predicted octanol–water partition coefficient (Wildman–Crippen LogP) is 2.91. The van der Waals surface area contributed by atoms with E-state index in [2.05, 4.69) is 10.6 Å². The van der Waals surface area contributed by atoms with Gasteiger partial charge in [0.15, 0.2) is 5.96 Å². The Morgan fingerprint density at radius 2 is 2.33 bits per heavy atom. The third kappa shape index (κ3) is 6.84. The van der Waals surface area contributed by atoms with Gasteiger partial charge in [-0.2, -0.15) is 11.8 Å². The number of guanidine groups is 1. The minimum atomic E-state index is 0. The van der Waals surface area contributed by atoms with Crippen LogP contribution in [0.4, 0.5) is 0 Å². The highest BCUT2D eigenvalue weighted by molar-refractivity contribution is 14.0. The Kier molecular flexibility index (Phi) is 9.33. The molecule has 2 saturated heterocycles. The van der Waals surface area contributed by atoms with Crippen molar-refractivity contribution in [2.75, 3.05) is 37.8 Å². The zero-order valence-electron chi connectivity index (χ0n) is 14.0. The maximum Gasteiger partial charge on any atom is 0.191 e. The monoisotopic (exact) mass is 465 g/mol. The van der Waals surface area contributed by atoms with Crippen molar-refractivity contribution in [3.8, 4) is 0 Å².